The monoisotopic (exact) mass is 248 g/mol. The highest BCUT2D eigenvalue weighted by molar-refractivity contribution is 5.81. The maximum absolute atomic E-state index is 11.5. The van der Waals surface area contributed by atoms with E-state index >= 15 is 0 Å². The van der Waals surface area contributed by atoms with E-state index in [1.807, 2.05) is 30.3 Å². The van der Waals surface area contributed by atoms with Gasteiger partial charge in [-0.05, 0) is 30.9 Å². The van der Waals surface area contributed by atoms with Crippen LogP contribution >= 0.6 is 0 Å². The first-order valence-corrected chi connectivity index (χ1v) is 6.43. The second-order valence-electron chi connectivity index (χ2n) is 4.71. The van der Waals surface area contributed by atoms with Gasteiger partial charge in [0.25, 0.3) is 0 Å². The summed E-state index contributed by atoms with van der Waals surface area (Å²) in [5.74, 6) is 0.248. The first-order chi connectivity index (χ1) is 8.77. The SMILES string of the molecule is NC(=O)C(NCC1CCOCC1)c1ccccc1. The van der Waals surface area contributed by atoms with Gasteiger partial charge in [0, 0.05) is 13.2 Å². The molecule has 0 bridgehead atoms. The molecule has 4 nitrogen and oxygen atoms in total. The molecule has 1 aliphatic heterocycles. The summed E-state index contributed by atoms with van der Waals surface area (Å²) >= 11 is 0. The lowest BCUT2D eigenvalue weighted by Crippen LogP contribution is -2.37. The van der Waals surface area contributed by atoms with E-state index in [1.54, 1.807) is 0 Å². The van der Waals surface area contributed by atoms with Crippen LogP contribution in [0.15, 0.2) is 30.3 Å². The zero-order valence-corrected chi connectivity index (χ0v) is 10.5. The van der Waals surface area contributed by atoms with Crippen molar-refractivity contribution >= 4 is 5.91 Å². The third-order valence-corrected chi connectivity index (χ3v) is 3.37. The van der Waals surface area contributed by atoms with Gasteiger partial charge in [-0.15, -0.1) is 0 Å². The van der Waals surface area contributed by atoms with E-state index in [4.69, 9.17) is 10.5 Å². The molecule has 0 aromatic heterocycles. The molecule has 98 valence electrons. The molecule has 1 saturated heterocycles. The molecule has 0 aliphatic carbocycles. The summed E-state index contributed by atoms with van der Waals surface area (Å²) in [7, 11) is 0. The standard InChI is InChI=1S/C14H20N2O2/c15-14(17)13(12-4-2-1-3-5-12)16-10-11-6-8-18-9-7-11/h1-5,11,13,16H,6-10H2,(H2,15,17). The summed E-state index contributed by atoms with van der Waals surface area (Å²) in [5.41, 5.74) is 6.39. The van der Waals surface area contributed by atoms with E-state index in [1.165, 1.54) is 0 Å². The van der Waals surface area contributed by atoms with Gasteiger partial charge in [-0.1, -0.05) is 30.3 Å². The molecule has 3 N–H and O–H groups in total. The minimum atomic E-state index is -0.394. The predicted octanol–water partition coefficient (Wildman–Crippen LogP) is 1.23. The first kappa shape index (κ1) is 13.1. The Balaban J connectivity index is 1.92. The van der Waals surface area contributed by atoms with Crippen molar-refractivity contribution in [1.29, 1.82) is 0 Å². The fourth-order valence-electron chi connectivity index (χ4n) is 2.26. The van der Waals surface area contributed by atoms with Crippen molar-refractivity contribution in [3.8, 4) is 0 Å². The summed E-state index contributed by atoms with van der Waals surface area (Å²) in [6, 6.07) is 9.22. The molecule has 2 rings (SSSR count). The third kappa shape index (κ3) is 3.55. The number of primary amides is 1. The van der Waals surface area contributed by atoms with Crippen molar-refractivity contribution in [2.24, 2.45) is 11.7 Å². The summed E-state index contributed by atoms with van der Waals surface area (Å²) in [6.45, 7) is 2.45. The minimum absolute atomic E-state index is 0.326. The van der Waals surface area contributed by atoms with Gasteiger partial charge in [0.05, 0.1) is 0 Å². The quantitative estimate of drug-likeness (QED) is 0.823. The zero-order chi connectivity index (χ0) is 12.8. The van der Waals surface area contributed by atoms with E-state index < -0.39 is 6.04 Å². The first-order valence-electron chi connectivity index (χ1n) is 6.43. The largest absolute Gasteiger partial charge is 0.381 e. The number of ether oxygens (including phenoxy) is 1. The summed E-state index contributed by atoms with van der Waals surface area (Å²) in [4.78, 5) is 11.5. The molecule has 1 amide bonds. The predicted molar refractivity (Wildman–Crippen MR) is 69.9 cm³/mol. The number of nitrogens with two attached hydrogens (primary N) is 1. The molecule has 1 unspecified atom stereocenters. The molecular weight excluding hydrogens is 228 g/mol. The van der Waals surface area contributed by atoms with Crippen molar-refractivity contribution in [2.75, 3.05) is 19.8 Å². The maximum Gasteiger partial charge on any atom is 0.239 e. The summed E-state index contributed by atoms with van der Waals surface area (Å²) in [6.07, 6.45) is 2.10. The Morgan fingerprint density at radius 2 is 2.00 bits per heavy atom. The molecule has 1 aromatic rings. The van der Waals surface area contributed by atoms with E-state index in [0.717, 1.165) is 38.2 Å². The molecule has 1 atom stereocenters. The Hall–Kier alpha value is -1.39. The average Bonchev–Trinajstić information content (AvgIpc) is 2.41. The van der Waals surface area contributed by atoms with Gasteiger partial charge in [-0.2, -0.15) is 0 Å². The molecule has 0 saturated carbocycles. The zero-order valence-electron chi connectivity index (χ0n) is 10.5. The van der Waals surface area contributed by atoms with Gasteiger partial charge in [-0.25, -0.2) is 0 Å². The highest BCUT2D eigenvalue weighted by Gasteiger charge is 2.20. The van der Waals surface area contributed by atoms with Gasteiger partial charge in [0.2, 0.25) is 5.91 Å². The molecule has 0 spiro atoms. The smallest absolute Gasteiger partial charge is 0.239 e. The van der Waals surface area contributed by atoms with Gasteiger partial charge in [0.1, 0.15) is 6.04 Å². The highest BCUT2D eigenvalue weighted by atomic mass is 16.5. The Kier molecular flexibility index (Phi) is 4.73. The third-order valence-electron chi connectivity index (χ3n) is 3.37. The van der Waals surface area contributed by atoms with Crippen LogP contribution in [-0.4, -0.2) is 25.7 Å². The van der Waals surface area contributed by atoms with Crippen LogP contribution in [0.25, 0.3) is 0 Å². The van der Waals surface area contributed by atoms with Crippen LogP contribution in [0.4, 0.5) is 0 Å². The van der Waals surface area contributed by atoms with Gasteiger partial charge >= 0.3 is 0 Å². The fraction of sp³-hybridized carbons (Fsp3) is 0.500. The Labute approximate surface area is 108 Å². The molecule has 1 aromatic carbocycles. The number of amides is 1. The lowest BCUT2D eigenvalue weighted by Gasteiger charge is -2.24. The van der Waals surface area contributed by atoms with Crippen molar-refractivity contribution in [2.45, 2.75) is 18.9 Å². The van der Waals surface area contributed by atoms with E-state index in [0.29, 0.717) is 5.92 Å². The van der Waals surface area contributed by atoms with Gasteiger partial charge in [-0.3, -0.25) is 4.79 Å². The average molecular weight is 248 g/mol. The molecule has 0 radical (unpaired) electrons. The molecule has 18 heavy (non-hydrogen) atoms. The van der Waals surface area contributed by atoms with Crippen molar-refractivity contribution in [3.63, 3.8) is 0 Å². The number of hydrogen-bond acceptors (Lipinski definition) is 3. The van der Waals surface area contributed by atoms with Crippen molar-refractivity contribution in [1.82, 2.24) is 5.32 Å². The van der Waals surface area contributed by atoms with Crippen LogP contribution < -0.4 is 11.1 Å². The molecule has 1 fully saturated rings. The lowest BCUT2D eigenvalue weighted by atomic mass is 9.99. The van der Waals surface area contributed by atoms with Crippen LogP contribution in [0, 0.1) is 5.92 Å². The highest BCUT2D eigenvalue weighted by Crippen LogP contribution is 2.17. The fourth-order valence-corrected chi connectivity index (χ4v) is 2.26. The van der Waals surface area contributed by atoms with Crippen LogP contribution in [0.1, 0.15) is 24.4 Å². The van der Waals surface area contributed by atoms with E-state index in [-0.39, 0.29) is 5.91 Å². The van der Waals surface area contributed by atoms with Crippen molar-refractivity contribution < 1.29 is 9.53 Å². The molecule has 1 heterocycles. The van der Waals surface area contributed by atoms with Crippen molar-refractivity contribution in [3.05, 3.63) is 35.9 Å². The van der Waals surface area contributed by atoms with Crippen LogP contribution in [0.2, 0.25) is 0 Å². The number of nitrogens with one attached hydrogen (secondary N) is 1. The summed E-state index contributed by atoms with van der Waals surface area (Å²) in [5, 5.41) is 3.28. The minimum Gasteiger partial charge on any atom is -0.381 e. The molecule has 4 heteroatoms. The second kappa shape index (κ2) is 6.52. The molecule has 1 aliphatic rings. The summed E-state index contributed by atoms with van der Waals surface area (Å²) < 4.78 is 5.32. The number of hydrogen-bond donors (Lipinski definition) is 2. The number of carbonyl (C=O) groups is 1. The number of benzene rings is 1. The topological polar surface area (TPSA) is 64.4 Å². The normalized spacial score (nSPS) is 18.4. The Morgan fingerprint density at radius 1 is 1.33 bits per heavy atom. The van der Waals surface area contributed by atoms with Crippen LogP contribution in [-0.2, 0) is 9.53 Å². The van der Waals surface area contributed by atoms with E-state index in [2.05, 4.69) is 5.32 Å². The van der Waals surface area contributed by atoms with Crippen LogP contribution in [0.5, 0.6) is 0 Å². The van der Waals surface area contributed by atoms with Crippen LogP contribution in [0.3, 0.4) is 0 Å². The maximum atomic E-state index is 11.5. The van der Waals surface area contributed by atoms with Gasteiger partial charge < -0.3 is 15.8 Å². The van der Waals surface area contributed by atoms with Gasteiger partial charge in [0.15, 0.2) is 0 Å². The lowest BCUT2D eigenvalue weighted by molar-refractivity contribution is -0.120. The Morgan fingerprint density at radius 3 is 2.61 bits per heavy atom. The number of rotatable bonds is 5. The number of carbonyl (C=O) groups excluding carboxylic acids is 1. The Bertz CT molecular complexity index is 375. The molecular formula is C14H20N2O2. The second-order valence-corrected chi connectivity index (χ2v) is 4.71. The van der Waals surface area contributed by atoms with E-state index in [9.17, 15) is 4.79 Å².